The minimum Gasteiger partial charge on any atom is -0.310 e. The monoisotopic (exact) mass is 344 g/mol. The molecule has 17 heavy (non-hydrogen) atoms. The average molecular weight is 344 g/mol. The van der Waals surface area contributed by atoms with Crippen molar-refractivity contribution in [3.63, 3.8) is 0 Å². The van der Waals surface area contributed by atoms with Crippen LogP contribution in [0.25, 0.3) is 5.82 Å². The van der Waals surface area contributed by atoms with E-state index in [1.54, 1.807) is 29.4 Å². The maximum absolute atomic E-state index is 12.2. The van der Waals surface area contributed by atoms with Crippen LogP contribution >= 0.6 is 22.6 Å². The molecule has 0 saturated carbocycles. The van der Waals surface area contributed by atoms with Gasteiger partial charge >= 0.3 is 0 Å². The quantitative estimate of drug-likeness (QED) is 0.797. The minimum absolute atomic E-state index is 0.110. The molecule has 0 spiro atoms. The van der Waals surface area contributed by atoms with E-state index in [0.29, 0.717) is 18.3 Å². The number of halogens is 1. The van der Waals surface area contributed by atoms with Crippen LogP contribution in [0.5, 0.6) is 0 Å². The summed E-state index contributed by atoms with van der Waals surface area (Å²) in [6.45, 7) is 4.83. The van der Waals surface area contributed by atoms with Gasteiger partial charge in [0.2, 0.25) is 5.82 Å². The zero-order valence-corrected chi connectivity index (χ0v) is 11.8. The molecule has 0 saturated heterocycles. The van der Waals surface area contributed by atoms with Gasteiger partial charge in [0.15, 0.2) is 0 Å². The Kier molecular flexibility index (Phi) is 3.60. The highest BCUT2D eigenvalue weighted by molar-refractivity contribution is 14.1. The van der Waals surface area contributed by atoms with Crippen molar-refractivity contribution in [2.45, 2.75) is 20.4 Å². The summed E-state index contributed by atoms with van der Waals surface area (Å²) in [7, 11) is 0. The van der Waals surface area contributed by atoms with Gasteiger partial charge in [-0.2, -0.15) is 5.10 Å². The summed E-state index contributed by atoms with van der Waals surface area (Å²) in [4.78, 5) is 16.2. The van der Waals surface area contributed by atoms with Gasteiger partial charge in [-0.3, -0.25) is 4.79 Å². The van der Waals surface area contributed by atoms with E-state index in [0.717, 1.165) is 3.57 Å². The molecule has 90 valence electrons. The van der Waals surface area contributed by atoms with Crippen LogP contribution in [0.15, 0.2) is 29.6 Å². The fourth-order valence-corrected chi connectivity index (χ4v) is 1.94. The van der Waals surface area contributed by atoms with E-state index in [1.165, 1.54) is 4.68 Å². The predicted molar refractivity (Wildman–Crippen MR) is 73.2 cm³/mol. The standard InChI is InChI=1S/C11H13IN4O/c1-8(2)6-15-4-3-13-10(11(15)17)16-7-9(12)5-14-16/h3-5,7-8H,6H2,1-2H3. The summed E-state index contributed by atoms with van der Waals surface area (Å²) in [6, 6.07) is 0. The Morgan fingerprint density at radius 1 is 1.47 bits per heavy atom. The van der Waals surface area contributed by atoms with Crippen LogP contribution in [0, 0.1) is 9.49 Å². The topological polar surface area (TPSA) is 52.7 Å². The smallest absolute Gasteiger partial charge is 0.295 e. The maximum atomic E-state index is 12.2. The van der Waals surface area contributed by atoms with Gasteiger partial charge in [-0.25, -0.2) is 9.67 Å². The van der Waals surface area contributed by atoms with E-state index in [4.69, 9.17) is 0 Å². The van der Waals surface area contributed by atoms with Gasteiger partial charge in [-0.15, -0.1) is 0 Å². The molecular weight excluding hydrogens is 331 g/mol. The summed E-state index contributed by atoms with van der Waals surface area (Å²) in [5, 5.41) is 4.10. The SMILES string of the molecule is CC(C)Cn1ccnc(-n2cc(I)cn2)c1=O. The highest BCUT2D eigenvalue weighted by Gasteiger charge is 2.08. The first-order valence-electron chi connectivity index (χ1n) is 5.34. The lowest BCUT2D eigenvalue weighted by Gasteiger charge is -2.09. The summed E-state index contributed by atoms with van der Waals surface area (Å²) in [5.74, 6) is 0.761. The fourth-order valence-electron chi connectivity index (χ4n) is 1.55. The molecule has 5 nitrogen and oxygen atoms in total. The van der Waals surface area contributed by atoms with Crippen LogP contribution in [0.3, 0.4) is 0 Å². The van der Waals surface area contributed by atoms with Gasteiger partial charge in [0.25, 0.3) is 5.56 Å². The van der Waals surface area contributed by atoms with Crippen LogP contribution in [0.4, 0.5) is 0 Å². The average Bonchev–Trinajstić information content (AvgIpc) is 2.67. The fraction of sp³-hybridized carbons (Fsp3) is 0.364. The molecule has 0 aromatic carbocycles. The Bertz CT molecular complexity index is 573. The van der Waals surface area contributed by atoms with E-state index in [9.17, 15) is 4.79 Å². The zero-order chi connectivity index (χ0) is 12.4. The molecule has 2 heterocycles. The first-order valence-corrected chi connectivity index (χ1v) is 6.42. The first-order chi connectivity index (χ1) is 8.08. The maximum Gasteiger partial charge on any atom is 0.295 e. The molecule has 0 radical (unpaired) electrons. The van der Waals surface area contributed by atoms with Crippen molar-refractivity contribution in [3.8, 4) is 5.82 Å². The summed E-state index contributed by atoms with van der Waals surface area (Å²) in [6.07, 6.45) is 6.82. The normalized spacial score (nSPS) is 11.1. The lowest BCUT2D eigenvalue weighted by molar-refractivity contribution is 0.506. The van der Waals surface area contributed by atoms with Crippen molar-refractivity contribution in [2.75, 3.05) is 0 Å². The van der Waals surface area contributed by atoms with Crippen LogP contribution < -0.4 is 5.56 Å². The van der Waals surface area contributed by atoms with Crippen molar-refractivity contribution in [1.82, 2.24) is 19.3 Å². The Balaban J connectivity index is 2.46. The Morgan fingerprint density at radius 3 is 2.82 bits per heavy atom. The lowest BCUT2D eigenvalue weighted by Crippen LogP contribution is -2.27. The number of nitrogens with zero attached hydrogens (tertiary/aromatic N) is 4. The van der Waals surface area contributed by atoms with E-state index < -0.39 is 0 Å². The van der Waals surface area contributed by atoms with Gasteiger partial charge in [0, 0.05) is 25.1 Å². The third kappa shape index (κ3) is 2.74. The molecular formula is C11H13IN4O. The van der Waals surface area contributed by atoms with Crippen LogP contribution in [0.1, 0.15) is 13.8 Å². The van der Waals surface area contributed by atoms with E-state index >= 15 is 0 Å². The lowest BCUT2D eigenvalue weighted by atomic mass is 10.2. The molecule has 2 rings (SSSR count). The molecule has 0 aliphatic heterocycles. The zero-order valence-electron chi connectivity index (χ0n) is 9.67. The first kappa shape index (κ1) is 12.3. The molecule has 2 aromatic rings. The molecule has 0 bridgehead atoms. The van der Waals surface area contributed by atoms with E-state index in [1.807, 2.05) is 0 Å². The highest BCUT2D eigenvalue weighted by atomic mass is 127. The van der Waals surface area contributed by atoms with Crippen LogP contribution in [-0.2, 0) is 6.54 Å². The number of hydrogen-bond donors (Lipinski definition) is 0. The van der Waals surface area contributed by atoms with Gasteiger partial charge < -0.3 is 4.57 Å². The van der Waals surface area contributed by atoms with Crippen molar-refractivity contribution in [3.05, 3.63) is 38.7 Å². The van der Waals surface area contributed by atoms with Crippen LogP contribution in [0.2, 0.25) is 0 Å². The molecule has 0 aliphatic rings. The molecule has 0 atom stereocenters. The molecule has 0 fully saturated rings. The van der Waals surface area contributed by atoms with E-state index in [-0.39, 0.29) is 5.56 Å². The van der Waals surface area contributed by atoms with Crippen molar-refractivity contribution in [2.24, 2.45) is 5.92 Å². The predicted octanol–water partition coefficient (Wildman–Crippen LogP) is 1.69. The molecule has 0 amide bonds. The third-order valence-corrected chi connectivity index (χ3v) is 2.78. The summed E-state index contributed by atoms with van der Waals surface area (Å²) < 4.78 is 4.16. The largest absolute Gasteiger partial charge is 0.310 e. The molecule has 2 aromatic heterocycles. The molecule has 0 unspecified atom stereocenters. The van der Waals surface area contributed by atoms with Crippen molar-refractivity contribution in [1.29, 1.82) is 0 Å². The van der Waals surface area contributed by atoms with Crippen LogP contribution in [-0.4, -0.2) is 19.3 Å². The van der Waals surface area contributed by atoms with Gasteiger partial charge in [0.1, 0.15) is 0 Å². The minimum atomic E-state index is -0.110. The second kappa shape index (κ2) is 4.99. The Hall–Kier alpha value is -1.18. The molecule has 6 heteroatoms. The number of aromatic nitrogens is 4. The number of rotatable bonds is 3. The molecule has 0 N–H and O–H groups in total. The Labute approximate surface area is 113 Å². The number of hydrogen-bond acceptors (Lipinski definition) is 3. The van der Waals surface area contributed by atoms with Gasteiger partial charge in [-0.1, -0.05) is 13.8 Å². The van der Waals surface area contributed by atoms with Gasteiger partial charge in [-0.05, 0) is 28.5 Å². The summed E-state index contributed by atoms with van der Waals surface area (Å²) >= 11 is 2.15. The highest BCUT2D eigenvalue weighted by Crippen LogP contribution is 2.04. The van der Waals surface area contributed by atoms with Crippen molar-refractivity contribution < 1.29 is 0 Å². The third-order valence-electron chi connectivity index (χ3n) is 2.23. The second-order valence-electron chi connectivity index (χ2n) is 4.21. The molecule has 0 aliphatic carbocycles. The van der Waals surface area contributed by atoms with E-state index in [2.05, 4.69) is 46.5 Å². The summed E-state index contributed by atoms with van der Waals surface area (Å²) in [5.41, 5.74) is -0.110. The van der Waals surface area contributed by atoms with Gasteiger partial charge in [0.05, 0.1) is 9.77 Å². The Morgan fingerprint density at radius 2 is 2.24 bits per heavy atom. The second-order valence-corrected chi connectivity index (χ2v) is 5.45. The van der Waals surface area contributed by atoms with Crippen molar-refractivity contribution >= 4 is 22.6 Å².